The van der Waals surface area contributed by atoms with Crippen molar-refractivity contribution in [3.63, 3.8) is 0 Å². The molecule has 30 heavy (non-hydrogen) atoms. The number of fused-ring (bicyclic) bond motifs is 3. The molecule has 7 nitrogen and oxygen atoms in total. The van der Waals surface area contributed by atoms with Gasteiger partial charge in [-0.25, -0.2) is 9.78 Å². The van der Waals surface area contributed by atoms with Crippen LogP contribution in [0.5, 0.6) is 0 Å². The fourth-order valence-corrected chi connectivity index (χ4v) is 4.89. The molecule has 5 rings (SSSR count). The van der Waals surface area contributed by atoms with Gasteiger partial charge < -0.3 is 14.6 Å². The van der Waals surface area contributed by atoms with Gasteiger partial charge >= 0.3 is 6.09 Å². The molecule has 1 atom stereocenters. The van der Waals surface area contributed by atoms with Crippen LogP contribution in [0.25, 0.3) is 22.3 Å². The van der Waals surface area contributed by atoms with E-state index in [-0.39, 0.29) is 11.5 Å². The van der Waals surface area contributed by atoms with E-state index in [2.05, 4.69) is 33.7 Å². The summed E-state index contributed by atoms with van der Waals surface area (Å²) in [5, 5.41) is 6.05. The van der Waals surface area contributed by atoms with Crippen LogP contribution in [-0.2, 0) is 16.7 Å². The van der Waals surface area contributed by atoms with Gasteiger partial charge in [-0.15, -0.1) is 0 Å². The molecule has 7 heteroatoms. The van der Waals surface area contributed by atoms with Gasteiger partial charge in [-0.2, -0.15) is 5.10 Å². The number of pyridine rings is 1. The maximum absolute atomic E-state index is 12.6. The number of carbonyl (C=O) groups excluding carboxylic acids is 1. The van der Waals surface area contributed by atoms with E-state index in [1.54, 1.807) is 0 Å². The van der Waals surface area contributed by atoms with E-state index in [1.807, 2.05) is 38.1 Å². The third-order valence-corrected chi connectivity index (χ3v) is 6.39. The first-order valence-electron chi connectivity index (χ1n) is 10.7. The number of aromatic nitrogens is 4. The molecule has 1 fully saturated rings. The molecule has 1 unspecified atom stereocenters. The van der Waals surface area contributed by atoms with E-state index >= 15 is 0 Å². The summed E-state index contributed by atoms with van der Waals surface area (Å²) in [5.41, 5.74) is 4.80. The van der Waals surface area contributed by atoms with Gasteiger partial charge in [-0.3, -0.25) is 4.68 Å². The fraction of sp³-hybridized carbons (Fsp3) is 0.522. The van der Waals surface area contributed by atoms with Crippen LogP contribution in [0.4, 0.5) is 4.79 Å². The lowest BCUT2D eigenvalue weighted by molar-refractivity contribution is 0.0280. The number of nitrogens with zero attached hydrogens (tertiary/aromatic N) is 4. The average Bonchev–Trinajstić information content (AvgIpc) is 3.39. The summed E-state index contributed by atoms with van der Waals surface area (Å²) in [4.78, 5) is 22.3. The summed E-state index contributed by atoms with van der Waals surface area (Å²) >= 11 is 0. The predicted molar refractivity (Wildman–Crippen MR) is 115 cm³/mol. The van der Waals surface area contributed by atoms with Crippen LogP contribution in [0, 0.1) is 6.92 Å². The topological polar surface area (TPSA) is 76.0 Å². The average molecular weight is 408 g/mol. The van der Waals surface area contributed by atoms with Crippen LogP contribution in [0.1, 0.15) is 51.3 Å². The lowest BCUT2D eigenvalue weighted by Gasteiger charge is -2.34. The maximum Gasteiger partial charge on any atom is 0.410 e. The van der Waals surface area contributed by atoms with E-state index < -0.39 is 5.60 Å². The van der Waals surface area contributed by atoms with Crippen molar-refractivity contribution in [1.82, 2.24) is 24.6 Å². The van der Waals surface area contributed by atoms with Gasteiger partial charge in [0.1, 0.15) is 11.2 Å². The van der Waals surface area contributed by atoms with Crippen LogP contribution in [-0.4, -0.2) is 49.4 Å². The Morgan fingerprint density at radius 2 is 2.07 bits per heavy atom. The normalized spacial score (nSPS) is 21.4. The Morgan fingerprint density at radius 3 is 2.87 bits per heavy atom. The number of hydrogen-bond acceptors (Lipinski definition) is 4. The molecule has 0 aromatic carbocycles. The summed E-state index contributed by atoms with van der Waals surface area (Å²) in [6.07, 6.45) is 6.76. The summed E-state index contributed by atoms with van der Waals surface area (Å²) in [6, 6.07) is 4.37. The van der Waals surface area contributed by atoms with E-state index in [4.69, 9.17) is 9.84 Å². The Hall–Kier alpha value is -2.83. The van der Waals surface area contributed by atoms with E-state index in [0.717, 1.165) is 54.6 Å². The zero-order valence-electron chi connectivity index (χ0n) is 18.2. The minimum atomic E-state index is -0.476. The Kier molecular flexibility index (Phi) is 4.21. The van der Waals surface area contributed by atoms with Gasteiger partial charge in [-0.05, 0) is 64.7 Å². The van der Waals surface area contributed by atoms with Crippen LogP contribution in [0.3, 0.4) is 0 Å². The van der Waals surface area contributed by atoms with Gasteiger partial charge in [0.2, 0.25) is 0 Å². The number of amides is 1. The Balaban J connectivity index is 1.46. The second kappa shape index (κ2) is 6.59. The summed E-state index contributed by atoms with van der Waals surface area (Å²) in [6.45, 7) is 10.2. The zero-order valence-corrected chi connectivity index (χ0v) is 18.2. The number of carbonyl (C=O) groups is 1. The monoisotopic (exact) mass is 407 g/mol. The van der Waals surface area contributed by atoms with E-state index in [9.17, 15) is 4.79 Å². The molecule has 1 amide bonds. The lowest BCUT2D eigenvalue weighted by Crippen LogP contribution is -2.40. The Morgan fingerprint density at radius 1 is 1.23 bits per heavy atom. The molecule has 0 saturated carbocycles. The third kappa shape index (κ3) is 3.16. The van der Waals surface area contributed by atoms with Gasteiger partial charge in [0.15, 0.2) is 0 Å². The smallest absolute Gasteiger partial charge is 0.410 e. The minimum absolute atomic E-state index is 0.0397. The molecular weight excluding hydrogens is 378 g/mol. The Bertz CT molecular complexity index is 1120. The van der Waals surface area contributed by atoms with Crippen LogP contribution < -0.4 is 0 Å². The number of H-pyrrole nitrogens is 1. The SMILES string of the molecule is Cc1c[nH]c2ncc(-c3cc4n(n3)CCCC43CCN(C(=O)OC(C)(C)C)C3)cc12. The molecule has 2 aliphatic heterocycles. The molecule has 0 radical (unpaired) electrons. The number of aromatic amines is 1. The van der Waals surface area contributed by atoms with Crippen molar-refractivity contribution in [2.45, 2.75) is 64.5 Å². The fourth-order valence-electron chi connectivity index (χ4n) is 4.89. The van der Waals surface area contributed by atoms with Crippen LogP contribution >= 0.6 is 0 Å². The standard InChI is InChI=1S/C23H29N5O2/c1-15-12-24-20-17(15)10-16(13-25-20)18-11-19-23(6-5-8-28(19)26-18)7-9-27(14-23)21(29)30-22(2,3)4/h10-13H,5-9,14H2,1-4H3,(H,24,25). The van der Waals surface area contributed by atoms with Gasteiger partial charge in [0.25, 0.3) is 0 Å². The summed E-state index contributed by atoms with van der Waals surface area (Å²) < 4.78 is 7.76. The highest BCUT2D eigenvalue weighted by atomic mass is 16.6. The first kappa shape index (κ1) is 19.2. The molecule has 158 valence electrons. The quantitative estimate of drug-likeness (QED) is 0.648. The first-order valence-corrected chi connectivity index (χ1v) is 10.7. The van der Waals surface area contributed by atoms with Crippen LogP contribution in [0.15, 0.2) is 24.5 Å². The van der Waals surface area contributed by atoms with Crippen LogP contribution in [0.2, 0.25) is 0 Å². The molecule has 3 aromatic rings. The largest absolute Gasteiger partial charge is 0.444 e. The van der Waals surface area contributed by atoms with Crippen molar-refractivity contribution in [3.8, 4) is 11.3 Å². The number of rotatable bonds is 1. The molecule has 1 N–H and O–H groups in total. The van der Waals surface area contributed by atoms with Crippen molar-refractivity contribution in [2.24, 2.45) is 0 Å². The molecule has 1 spiro atoms. The highest BCUT2D eigenvalue weighted by molar-refractivity contribution is 5.83. The maximum atomic E-state index is 12.6. The van der Waals surface area contributed by atoms with Gasteiger partial charge in [-0.1, -0.05) is 0 Å². The van der Waals surface area contributed by atoms with Crippen molar-refractivity contribution in [1.29, 1.82) is 0 Å². The van der Waals surface area contributed by atoms with E-state index in [0.29, 0.717) is 6.54 Å². The molecule has 5 heterocycles. The first-order chi connectivity index (χ1) is 14.2. The number of nitrogens with one attached hydrogen (secondary N) is 1. The van der Waals surface area contributed by atoms with Gasteiger partial charge in [0.05, 0.1) is 5.69 Å². The number of aryl methyl sites for hydroxylation is 2. The molecule has 3 aromatic heterocycles. The van der Waals surface area contributed by atoms with E-state index in [1.165, 1.54) is 11.3 Å². The molecular formula is C23H29N5O2. The van der Waals surface area contributed by atoms with Crippen molar-refractivity contribution in [3.05, 3.63) is 35.8 Å². The molecule has 0 aliphatic carbocycles. The second-order valence-corrected chi connectivity index (χ2v) is 9.77. The number of ether oxygens (including phenoxy) is 1. The van der Waals surface area contributed by atoms with Crippen molar-refractivity contribution < 1.29 is 9.53 Å². The summed E-state index contributed by atoms with van der Waals surface area (Å²) in [7, 11) is 0. The zero-order chi connectivity index (χ0) is 21.1. The van der Waals surface area contributed by atoms with Crippen molar-refractivity contribution >= 4 is 17.1 Å². The molecule has 2 aliphatic rings. The number of hydrogen-bond donors (Lipinski definition) is 1. The molecule has 0 bridgehead atoms. The van der Waals surface area contributed by atoms with Crippen molar-refractivity contribution in [2.75, 3.05) is 13.1 Å². The minimum Gasteiger partial charge on any atom is -0.444 e. The Labute approximate surface area is 176 Å². The summed E-state index contributed by atoms with van der Waals surface area (Å²) in [5.74, 6) is 0. The number of likely N-dealkylation sites (tertiary alicyclic amines) is 1. The van der Waals surface area contributed by atoms with Gasteiger partial charge in [0, 0.05) is 54.1 Å². The highest BCUT2D eigenvalue weighted by Crippen LogP contribution is 2.43. The lowest BCUT2D eigenvalue weighted by atomic mass is 9.77. The third-order valence-electron chi connectivity index (χ3n) is 6.39. The highest BCUT2D eigenvalue weighted by Gasteiger charge is 2.46. The second-order valence-electron chi connectivity index (χ2n) is 9.77. The molecule has 1 saturated heterocycles. The predicted octanol–water partition coefficient (Wildman–Crippen LogP) is 4.41.